The molecule has 3 rings (SSSR count). The predicted molar refractivity (Wildman–Crippen MR) is 95.3 cm³/mol. The summed E-state index contributed by atoms with van der Waals surface area (Å²) in [6.07, 6.45) is 1.75. The van der Waals surface area contributed by atoms with Crippen LogP contribution in [0.1, 0.15) is 28.7 Å². The van der Waals surface area contributed by atoms with Crippen molar-refractivity contribution in [3.63, 3.8) is 0 Å². The molecule has 0 fully saturated rings. The van der Waals surface area contributed by atoms with Gasteiger partial charge in [-0.15, -0.1) is 11.3 Å². The molecule has 0 radical (unpaired) electrons. The van der Waals surface area contributed by atoms with Crippen LogP contribution in [0.3, 0.4) is 0 Å². The van der Waals surface area contributed by atoms with Crippen molar-refractivity contribution in [2.75, 3.05) is 11.9 Å². The monoisotopic (exact) mass is 359 g/mol. The van der Waals surface area contributed by atoms with E-state index < -0.39 is 0 Å². The molecule has 3 aromatic rings. The van der Waals surface area contributed by atoms with Crippen molar-refractivity contribution < 1.29 is 13.9 Å². The molecule has 0 spiro atoms. The predicted octanol–water partition coefficient (Wildman–Crippen LogP) is 3.92. The van der Waals surface area contributed by atoms with Gasteiger partial charge >= 0.3 is 0 Å². The van der Waals surface area contributed by atoms with Crippen LogP contribution < -0.4 is 5.32 Å². The lowest BCUT2D eigenvalue weighted by Crippen LogP contribution is -2.17. The molecule has 7 heteroatoms. The molecule has 25 heavy (non-hydrogen) atoms. The molecule has 1 aromatic carbocycles. The second-order valence-corrected chi connectivity index (χ2v) is 6.21. The van der Waals surface area contributed by atoms with Crippen LogP contribution in [-0.4, -0.2) is 22.1 Å². The van der Waals surface area contributed by atoms with Crippen molar-refractivity contribution in [1.82, 2.24) is 9.55 Å². The Labute approximate surface area is 149 Å². The molecule has 1 N–H and O–H groups in total. The fourth-order valence-corrected chi connectivity index (χ4v) is 3.06. The third-order valence-electron chi connectivity index (χ3n) is 3.59. The van der Waals surface area contributed by atoms with E-state index in [0.29, 0.717) is 29.6 Å². The number of thiazole rings is 1. The summed E-state index contributed by atoms with van der Waals surface area (Å²) in [6.45, 7) is 3.24. The van der Waals surface area contributed by atoms with Gasteiger partial charge in [-0.1, -0.05) is 18.2 Å². The van der Waals surface area contributed by atoms with Crippen LogP contribution in [0.5, 0.6) is 0 Å². The standard InChI is InChI=1S/C18H18FN3O2S/c1-2-24-11-14-12-25-18(20-14)21-17(23)16-8-5-9-22(16)10-13-6-3-4-7-15(13)19/h3-9,12H,2,10-11H2,1H3,(H,20,21,23). The van der Waals surface area contributed by atoms with E-state index in [2.05, 4.69) is 10.3 Å². The molecule has 0 saturated heterocycles. The van der Waals surface area contributed by atoms with Crippen molar-refractivity contribution in [3.05, 3.63) is 70.7 Å². The lowest BCUT2D eigenvalue weighted by Gasteiger charge is -2.09. The van der Waals surface area contributed by atoms with Crippen LogP contribution in [0.15, 0.2) is 48.0 Å². The molecule has 5 nitrogen and oxygen atoms in total. The Balaban J connectivity index is 1.70. The van der Waals surface area contributed by atoms with Crippen LogP contribution in [0, 0.1) is 5.82 Å². The van der Waals surface area contributed by atoms with E-state index in [-0.39, 0.29) is 18.3 Å². The number of amides is 1. The van der Waals surface area contributed by atoms with Gasteiger partial charge in [0, 0.05) is 23.7 Å². The minimum absolute atomic E-state index is 0.279. The molecular weight excluding hydrogens is 341 g/mol. The van der Waals surface area contributed by atoms with Gasteiger partial charge in [-0.2, -0.15) is 0 Å². The van der Waals surface area contributed by atoms with E-state index in [9.17, 15) is 9.18 Å². The molecule has 1 amide bonds. The minimum Gasteiger partial charge on any atom is -0.375 e. The molecule has 0 saturated carbocycles. The van der Waals surface area contributed by atoms with E-state index >= 15 is 0 Å². The van der Waals surface area contributed by atoms with Gasteiger partial charge in [0.2, 0.25) is 0 Å². The summed E-state index contributed by atoms with van der Waals surface area (Å²) in [5.74, 6) is -0.568. The Morgan fingerprint density at radius 2 is 2.16 bits per heavy atom. The van der Waals surface area contributed by atoms with Crippen molar-refractivity contribution >= 4 is 22.4 Å². The number of ether oxygens (including phenoxy) is 1. The van der Waals surface area contributed by atoms with E-state index in [1.54, 1.807) is 41.1 Å². The highest BCUT2D eigenvalue weighted by Crippen LogP contribution is 2.18. The highest BCUT2D eigenvalue weighted by Gasteiger charge is 2.14. The molecule has 0 aliphatic heterocycles. The van der Waals surface area contributed by atoms with Crippen molar-refractivity contribution in [3.8, 4) is 0 Å². The van der Waals surface area contributed by atoms with Gasteiger partial charge in [-0.25, -0.2) is 9.37 Å². The van der Waals surface area contributed by atoms with Crippen molar-refractivity contribution in [2.45, 2.75) is 20.1 Å². The molecule has 0 atom stereocenters. The molecule has 0 unspecified atom stereocenters. The quantitative estimate of drug-likeness (QED) is 0.696. The van der Waals surface area contributed by atoms with Crippen LogP contribution >= 0.6 is 11.3 Å². The van der Waals surface area contributed by atoms with Gasteiger partial charge in [0.05, 0.1) is 18.8 Å². The summed E-state index contributed by atoms with van der Waals surface area (Å²) < 4.78 is 20.8. The molecular formula is C18H18FN3O2S. The molecule has 0 aliphatic carbocycles. The first-order valence-corrected chi connectivity index (χ1v) is 8.77. The summed E-state index contributed by atoms with van der Waals surface area (Å²) in [5.41, 5.74) is 1.76. The average Bonchev–Trinajstić information content (AvgIpc) is 3.24. The number of halogens is 1. The first-order valence-electron chi connectivity index (χ1n) is 7.89. The van der Waals surface area contributed by atoms with Crippen LogP contribution in [-0.2, 0) is 17.9 Å². The van der Waals surface area contributed by atoms with E-state index in [1.165, 1.54) is 17.4 Å². The fourth-order valence-electron chi connectivity index (χ4n) is 2.37. The van der Waals surface area contributed by atoms with Gasteiger partial charge in [-0.3, -0.25) is 10.1 Å². The number of carbonyl (C=O) groups excluding carboxylic acids is 1. The minimum atomic E-state index is -0.289. The Bertz CT molecular complexity index is 859. The first kappa shape index (κ1) is 17.3. The summed E-state index contributed by atoms with van der Waals surface area (Å²) in [7, 11) is 0. The number of nitrogens with one attached hydrogen (secondary N) is 1. The van der Waals surface area contributed by atoms with Crippen LogP contribution in [0.4, 0.5) is 9.52 Å². The van der Waals surface area contributed by atoms with Gasteiger partial charge in [0.1, 0.15) is 11.5 Å². The fraction of sp³-hybridized carbons (Fsp3) is 0.222. The summed E-state index contributed by atoms with van der Waals surface area (Å²) in [6, 6.07) is 10.00. The smallest absolute Gasteiger partial charge is 0.274 e. The zero-order valence-corrected chi connectivity index (χ0v) is 14.6. The van der Waals surface area contributed by atoms with Crippen LogP contribution in [0.2, 0.25) is 0 Å². The van der Waals surface area contributed by atoms with E-state index in [4.69, 9.17) is 4.74 Å². The Morgan fingerprint density at radius 3 is 2.96 bits per heavy atom. The number of benzene rings is 1. The second-order valence-electron chi connectivity index (χ2n) is 5.35. The maximum absolute atomic E-state index is 13.8. The lowest BCUT2D eigenvalue weighted by molar-refractivity contribution is 0.101. The Hall–Kier alpha value is -2.51. The molecule has 130 valence electrons. The molecule has 2 aromatic heterocycles. The Kier molecular flexibility index (Phi) is 5.57. The van der Waals surface area contributed by atoms with Gasteiger partial charge in [0.15, 0.2) is 5.13 Å². The number of aromatic nitrogens is 2. The number of nitrogens with zero attached hydrogens (tertiary/aromatic N) is 2. The third kappa shape index (κ3) is 4.32. The largest absolute Gasteiger partial charge is 0.375 e. The number of anilines is 1. The number of carbonyl (C=O) groups is 1. The number of rotatable bonds is 7. The SMILES string of the molecule is CCOCc1csc(NC(=O)c2cccn2Cc2ccccc2F)n1. The van der Waals surface area contributed by atoms with E-state index in [1.807, 2.05) is 12.3 Å². The highest BCUT2D eigenvalue weighted by atomic mass is 32.1. The van der Waals surface area contributed by atoms with Crippen molar-refractivity contribution in [1.29, 1.82) is 0 Å². The Morgan fingerprint density at radius 1 is 1.32 bits per heavy atom. The number of hydrogen-bond acceptors (Lipinski definition) is 4. The molecule has 0 bridgehead atoms. The summed E-state index contributed by atoms with van der Waals surface area (Å²) in [5, 5.41) is 5.14. The second kappa shape index (κ2) is 8.04. The first-order chi connectivity index (χ1) is 12.2. The van der Waals surface area contributed by atoms with Gasteiger partial charge < -0.3 is 9.30 Å². The summed E-state index contributed by atoms with van der Waals surface area (Å²) >= 11 is 1.35. The maximum atomic E-state index is 13.8. The summed E-state index contributed by atoms with van der Waals surface area (Å²) in [4.78, 5) is 16.8. The lowest BCUT2D eigenvalue weighted by atomic mass is 10.2. The molecule has 0 aliphatic rings. The number of hydrogen-bond donors (Lipinski definition) is 1. The van der Waals surface area contributed by atoms with Crippen LogP contribution in [0.25, 0.3) is 0 Å². The zero-order chi connectivity index (χ0) is 17.6. The third-order valence-corrected chi connectivity index (χ3v) is 4.39. The average molecular weight is 359 g/mol. The zero-order valence-electron chi connectivity index (χ0n) is 13.7. The van der Waals surface area contributed by atoms with Gasteiger partial charge in [-0.05, 0) is 25.1 Å². The van der Waals surface area contributed by atoms with Crippen molar-refractivity contribution in [2.24, 2.45) is 0 Å². The normalized spacial score (nSPS) is 10.8. The maximum Gasteiger partial charge on any atom is 0.274 e. The van der Waals surface area contributed by atoms with E-state index in [0.717, 1.165) is 5.69 Å². The molecule has 2 heterocycles. The topological polar surface area (TPSA) is 56.1 Å². The highest BCUT2D eigenvalue weighted by molar-refractivity contribution is 7.13. The van der Waals surface area contributed by atoms with Gasteiger partial charge in [0.25, 0.3) is 5.91 Å².